The van der Waals surface area contributed by atoms with Crippen LogP contribution in [-0.4, -0.2) is 0 Å². The predicted octanol–water partition coefficient (Wildman–Crippen LogP) is 12.8. The van der Waals surface area contributed by atoms with Crippen LogP contribution in [0.3, 0.4) is 0 Å². The summed E-state index contributed by atoms with van der Waals surface area (Å²) in [4.78, 5) is 0. The maximum absolute atomic E-state index is 6.77. The molecule has 2 heterocycles. The van der Waals surface area contributed by atoms with Gasteiger partial charge in [0.05, 0.1) is 0 Å². The summed E-state index contributed by atoms with van der Waals surface area (Å²) in [5.41, 5.74) is 9.55. The van der Waals surface area contributed by atoms with Gasteiger partial charge in [-0.3, -0.25) is 0 Å². The molecule has 3 aromatic carbocycles. The van der Waals surface area contributed by atoms with Crippen LogP contribution in [0.25, 0.3) is 43.9 Å². The molecule has 0 bridgehead atoms. The molecule has 5 aromatic rings. The summed E-state index contributed by atoms with van der Waals surface area (Å²) in [5, 5.41) is 5.04. The van der Waals surface area contributed by atoms with Gasteiger partial charge in [0.15, 0.2) is 0 Å². The van der Waals surface area contributed by atoms with Crippen molar-refractivity contribution in [3.05, 3.63) is 58.7 Å². The Bertz CT molecular complexity index is 1460. The quantitative estimate of drug-likeness (QED) is 0.131. The molecule has 0 fully saturated rings. The fraction of sp³-hybridized carbons (Fsp3) is 0.526. The van der Waals surface area contributed by atoms with Gasteiger partial charge in [-0.2, -0.15) is 0 Å². The molecule has 0 aliphatic heterocycles. The molecule has 0 aliphatic carbocycles. The van der Waals surface area contributed by atoms with Crippen molar-refractivity contribution in [3.63, 3.8) is 0 Å². The van der Waals surface area contributed by atoms with Crippen LogP contribution in [0.4, 0.5) is 0 Å². The molecule has 0 unspecified atom stereocenters. The van der Waals surface area contributed by atoms with Gasteiger partial charge in [-0.05, 0) is 72.9 Å². The third-order valence-corrected chi connectivity index (χ3v) is 8.83. The molecule has 0 radical (unpaired) electrons. The summed E-state index contributed by atoms with van der Waals surface area (Å²) in [5.74, 6) is 0.645. The first kappa shape index (κ1) is 28.8. The SMILES string of the molecule is CCCCCCCc1ccc2oc3c(C(C)C)c4c(oc5ccc(CCCCCCC)cc54)c(C(C)C)c3c2c1. The van der Waals surface area contributed by atoms with Crippen LogP contribution in [0.15, 0.2) is 45.2 Å². The average Bonchev–Trinajstić information content (AvgIpc) is 3.49. The Hall–Kier alpha value is -2.74. The topological polar surface area (TPSA) is 26.3 Å². The van der Waals surface area contributed by atoms with Crippen molar-refractivity contribution in [2.75, 3.05) is 0 Å². The minimum Gasteiger partial charge on any atom is -0.456 e. The molecule has 214 valence electrons. The molecule has 5 rings (SSSR count). The van der Waals surface area contributed by atoms with Crippen molar-refractivity contribution >= 4 is 43.9 Å². The summed E-state index contributed by atoms with van der Waals surface area (Å²) in [6.45, 7) is 13.8. The molecule has 0 aliphatic rings. The van der Waals surface area contributed by atoms with E-state index in [0.29, 0.717) is 11.8 Å². The van der Waals surface area contributed by atoms with Crippen LogP contribution in [0.5, 0.6) is 0 Å². The highest BCUT2D eigenvalue weighted by atomic mass is 16.3. The molecule has 0 atom stereocenters. The van der Waals surface area contributed by atoms with Crippen LogP contribution in [0.1, 0.15) is 140 Å². The predicted molar refractivity (Wildman–Crippen MR) is 174 cm³/mol. The number of aryl methyl sites for hydroxylation is 2. The maximum atomic E-state index is 6.77. The van der Waals surface area contributed by atoms with Gasteiger partial charge in [-0.15, -0.1) is 0 Å². The maximum Gasteiger partial charge on any atom is 0.140 e. The highest BCUT2D eigenvalue weighted by Crippen LogP contribution is 2.48. The van der Waals surface area contributed by atoms with Gasteiger partial charge in [-0.1, -0.05) is 105 Å². The molecule has 2 heteroatoms. The number of benzene rings is 3. The highest BCUT2D eigenvalue weighted by Gasteiger charge is 2.27. The van der Waals surface area contributed by atoms with E-state index >= 15 is 0 Å². The first-order valence-electron chi connectivity index (χ1n) is 16.3. The Morgan fingerprint density at radius 3 is 1.30 bits per heavy atom. The van der Waals surface area contributed by atoms with Crippen molar-refractivity contribution in [1.29, 1.82) is 0 Å². The standard InChI is InChI=1S/C38H50O2/c1-7-9-11-13-15-17-27-19-21-31-29(23-27)35-33(25(3)4)38-36(34(26(5)6)37(35)39-31)30-24-28(20-22-32(30)40-38)18-16-14-12-10-8-2/h19-26H,7-18H2,1-6H3. The molecular formula is C38H50O2. The van der Waals surface area contributed by atoms with Gasteiger partial charge in [0.1, 0.15) is 22.3 Å². The molecule has 0 spiro atoms. The molecule has 0 saturated heterocycles. The second-order valence-corrected chi connectivity index (χ2v) is 12.7. The second-order valence-electron chi connectivity index (χ2n) is 12.7. The summed E-state index contributed by atoms with van der Waals surface area (Å²) < 4.78 is 13.5. The van der Waals surface area contributed by atoms with Crippen LogP contribution in [-0.2, 0) is 12.8 Å². The zero-order valence-electron chi connectivity index (χ0n) is 25.9. The van der Waals surface area contributed by atoms with E-state index < -0.39 is 0 Å². The lowest BCUT2D eigenvalue weighted by atomic mass is 9.87. The number of hydrogen-bond acceptors (Lipinski definition) is 2. The lowest BCUT2D eigenvalue weighted by Gasteiger charge is -2.15. The molecule has 40 heavy (non-hydrogen) atoms. The summed E-state index contributed by atoms with van der Waals surface area (Å²) in [7, 11) is 0. The molecular weight excluding hydrogens is 488 g/mol. The van der Waals surface area contributed by atoms with Crippen molar-refractivity contribution in [2.24, 2.45) is 0 Å². The lowest BCUT2D eigenvalue weighted by molar-refractivity contribution is 0.632. The van der Waals surface area contributed by atoms with Crippen molar-refractivity contribution in [2.45, 2.75) is 130 Å². The Morgan fingerprint density at radius 2 is 0.925 bits per heavy atom. The molecule has 2 aromatic heterocycles. The third kappa shape index (κ3) is 5.69. The highest BCUT2D eigenvalue weighted by molar-refractivity contribution is 6.20. The number of hydrogen-bond donors (Lipinski definition) is 0. The van der Waals surface area contributed by atoms with Crippen molar-refractivity contribution < 1.29 is 8.83 Å². The fourth-order valence-electron chi connectivity index (χ4n) is 6.71. The number of fused-ring (bicyclic) bond motifs is 6. The number of furan rings is 2. The van der Waals surface area contributed by atoms with Crippen LogP contribution in [0, 0.1) is 0 Å². The van der Waals surface area contributed by atoms with Crippen LogP contribution in [0.2, 0.25) is 0 Å². The van der Waals surface area contributed by atoms with Crippen LogP contribution < -0.4 is 0 Å². The van der Waals surface area contributed by atoms with Crippen molar-refractivity contribution in [3.8, 4) is 0 Å². The summed E-state index contributed by atoms with van der Waals surface area (Å²) in [6.07, 6.45) is 15.3. The van der Waals surface area contributed by atoms with E-state index in [1.807, 2.05) is 0 Å². The first-order valence-corrected chi connectivity index (χ1v) is 16.3. The van der Waals surface area contributed by atoms with E-state index in [9.17, 15) is 0 Å². The average molecular weight is 539 g/mol. The first-order chi connectivity index (χ1) is 19.4. The third-order valence-electron chi connectivity index (χ3n) is 8.83. The van der Waals surface area contributed by atoms with Gasteiger partial charge >= 0.3 is 0 Å². The smallest absolute Gasteiger partial charge is 0.140 e. The van der Waals surface area contributed by atoms with Gasteiger partial charge in [-0.25, -0.2) is 0 Å². The Kier molecular flexibility index (Phi) is 9.24. The van der Waals surface area contributed by atoms with E-state index in [4.69, 9.17) is 8.83 Å². The van der Waals surface area contributed by atoms with E-state index in [1.165, 1.54) is 108 Å². The minimum atomic E-state index is 0.323. The van der Waals surface area contributed by atoms with Crippen molar-refractivity contribution in [1.82, 2.24) is 0 Å². The van der Waals surface area contributed by atoms with E-state index in [1.54, 1.807) is 0 Å². The van der Waals surface area contributed by atoms with Gasteiger partial charge in [0.25, 0.3) is 0 Å². The van der Waals surface area contributed by atoms with Gasteiger partial charge in [0.2, 0.25) is 0 Å². The Balaban J connectivity index is 1.64. The monoisotopic (exact) mass is 538 g/mol. The zero-order valence-corrected chi connectivity index (χ0v) is 25.9. The number of rotatable bonds is 14. The minimum absolute atomic E-state index is 0.323. The zero-order chi connectivity index (χ0) is 28.2. The molecule has 0 N–H and O–H groups in total. The lowest BCUT2D eigenvalue weighted by Crippen LogP contribution is -1.96. The molecule has 0 saturated carbocycles. The molecule has 0 amide bonds. The Labute approximate surface area is 241 Å². The summed E-state index contributed by atoms with van der Waals surface area (Å²) in [6, 6.07) is 13.8. The van der Waals surface area contributed by atoms with E-state index in [0.717, 1.165) is 35.2 Å². The second kappa shape index (κ2) is 12.8. The van der Waals surface area contributed by atoms with E-state index in [2.05, 4.69) is 77.9 Å². The Morgan fingerprint density at radius 1 is 0.525 bits per heavy atom. The largest absolute Gasteiger partial charge is 0.456 e. The van der Waals surface area contributed by atoms with Crippen LogP contribution >= 0.6 is 0 Å². The summed E-state index contributed by atoms with van der Waals surface area (Å²) >= 11 is 0. The number of unbranched alkanes of at least 4 members (excludes halogenated alkanes) is 8. The van der Waals surface area contributed by atoms with E-state index in [-0.39, 0.29) is 0 Å². The van der Waals surface area contributed by atoms with Gasteiger partial charge < -0.3 is 8.83 Å². The normalized spacial score (nSPS) is 12.4. The molecule has 2 nitrogen and oxygen atoms in total. The fourth-order valence-corrected chi connectivity index (χ4v) is 6.71. The van der Waals surface area contributed by atoms with Gasteiger partial charge in [0, 0.05) is 32.7 Å².